The number of nitrogens with zero attached hydrogens (tertiary/aromatic N) is 1. The zero-order chi connectivity index (χ0) is 24.3. The van der Waals surface area contributed by atoms with Gasteiger partial charge in [0.25, 0.3) is 0 Å². The number of fused-ring (bicyclic) bond motifs is 3. The van der Waals surface area contributed by atoms with Crippen LogP contribution in [0.4, 0.5) is 0 Å². The summed E-state index contributed by atoms with van der Waals surface area (Å²) in [5.41, 5.74) is 7.52. The molecule has 0 saturated heterocycles. The third-order valence-electron chi connectivity index (χ3n) is 7.28. The minimum atomic E-state index is -0.636. The van der Waals surface area contributed by atoms with Crippen molar-refractivity contribution >= 4 is 27.5 Å². The number of hydrogen-bond donors (Lipinski definition) is 0. The molecule has 1 aliphatic carbocycles. The SMILES string of the molecule is CC(=O)[C@@H](OC(C)(C)C)c1c2c(c3ccccc3c1-c1ccc3c4c(ccnc14)CCO3)CCC2. The number of carbonyl (C=O) groups excluding carboxylic acids is 1. The van der Waals surface area contributed by atoms with Crippen LogP contribution in [0.25, 0.3) is 32.8 Å². The summed E-state index contributed by atoms with van der Waals surface area (Å²) in [6.07, 6.45) is 5.21. The fourth-order valence-electron chi connectivity index (χ4n) is 5.98. The van der Waals surface area contributed by atoms with Crippen LogP contribution in [0, 0.1) is 0 Å². The van der Waals surface area contributed by atoms with Gasteiger partial charge in [-0.05, 0) is 98.2 Å². The predicted molar refractivity (Wildman–Crippen MR) is 140 cm³/mol. The average molecular weight is 466 g/mol. The van der Waals surface area contributed by atoms with Gasteiger partial charge in [0.15, 0.2) is 5.78 Å². The van der Waals surface area contributed by atoms with Gasteiger partial charge in [-0.1, -0.05) is 24.3 Å². The number of carbonyl (C=O) groups is 1. The second-order valence-corrected chi connectivity index (χ2v) is 10.8. The summed E-state index contributed by atoms with van der Waals surface area (Å²) in [5, 5.41) is 3.52. The van der Waals surface area contributed by atoms with Gasteiger partial charge in [-0.2, -0.15) is 0 Å². The fourth-order valence-corrected chi connectivity index (χ4v) is 5.98. The summed E-state index contributed by atoms with van der Waals surface area (Å²) in [4.78, 5) is 18.1. The molecule has 0 saturated carbocycles. The Kier molecular flexibility index (Phi) is 5.19. The number of pyridine rings is 1. The van der Waals surface area contributed by atoms with Crippen molar-refractivity contribution in [2.45, 2.75) is 65.1 Å². The van der Waals surface area contributed by atoms with E-state index < -0.39 is 11.7 Å². The number of ether oxygens (including phenoxy) is 2. The van der Waals surface area contributed by atoms with Gasteiger partial charge >= 0.3 is 0 Å². The van der Waals surface area contributed by atoms with Gasteiger partial charge < -0.3 is 9.47 Å². The molecule has 0 amide bonds. The predicted octanol–water partition coefficient (Wildman–Crippen LogP) is 6.92. The van der Waals surface area contributed by atoms with E-state index in [1.807, 2.05) is 27.0 Å². The van der Waals surface area contributed by atoms with Crippen molar-refractivity contribution in [1.29, 1.82) is 0 Å². The maximum Gasteiger partial charge on any atom is 0.163 e. The molecule has 0 N–H and O–H groups in total. The van der Waals surface area contributed by atoms with Gasteiger partial charge in [-0.3, -0.25) is 9.78 Å². The summed E-state index contributed by atoms with van der Waals surface area (Å²) < 4.78 is 12.5. The molecule has 0 fully saturated rings. The Labute approximate surface area is 206 Å². The lowest BCUT2D eigenvalue weighted by Gasteiger charge is -2.31. The molecule has 1 atom stereocenters. The molecule has 6 rings (SSSR count). The molecule has 4 heteroatoms. The highest BCUT2D eigenvalue weighted by Crippen LogP contribution is 2.48. The van der Waals surface area contributed by atoms with E-state index in [4.69, 9.17) is 14.5 Å². The van der Waals surface area contributed by atoms with Gasteiger partial charge in [0.1, 0.15) is 11.9 Å². The molecule has 1 aromatic heterocycles. The molecule has 4 nitrogen and oxygen atoms in total. The summed E-state index contributed by atoms with van der Waals surface area (Å²) in [5.74, 6) is 0.920. The highest BCUT2D eigenvalue weighted by molar-refractivity contribution is 6.10. The van der Waals surface area contributed by atoms with Crippen LogP contribution in [0.15, 0.2) is 48.7 Å². The number of Topliss-reactive ketones (excluding diaryl/α,β-unsaturated/α-hetero) is 1. The van der Waals surface area contributed by atoms with E-state index in [9.17, 15) is 4.79 Å². The number of rotatable bonds is 4. The summed E-state index contributed by atoms with van der Waals surface area (Å²) in [6.45, 7) is 8.40. The van der Waals surface area contributed by atoms with Crippen LogP contribution in [0.2, 0.25) is 0 Å². The highest BCUT2D eigenvalue weighted by atomic mass is 16.5. The molecule has 0 radical (unpaired) electrons. The van der Waals surface area contributed by atoms with Gasteiger partial charge in [0.05, 0.1) is 17.7 Å². The molecular formula is C31H31NO3. The number of ketones is 1. The molecule has 1 aliphatic heterocycles. The van der Waals surface area contributed by atoms with E-state index in [0.717, 1.165) is 64.4 Å². The smallest absolute Gasteiger partial charge is 0.163 e. The van der Waals surface area contributed by atoms with Crippen LogP contribution in [-0.4, -0.2) is 23.0 Å². The van der Waals surface area contributed by atoms with E-state index in [1.165, 1.54) is 22.1 Å². The molecule has 0 unspecified atom stereocenters. The summed E-state index contributed by atoms with van der Waals surface area (Å²) in [7, 11) is 0. The topological polar surface area (TPSA) is 48.4 Å². The van der Waals surface area contributed by atoms with Crippen LogP contribution in [0.3, 0.4) is 0 Å². The second kappa shape index (κ2) is 8.17. The van der Waals surface area contributed by atoms with Crippen molar-refractivity contribution in [1.82, 2.24) is 4.98 Å². The van der Waals surface area contributed by atoms with Crippen LogP contribution < -0.4 is 4.74 Å². The summed E-state index contributed by atoms with van der Waals surface area (Å²) >= 11 is 0. The van der Waals surface area contributed by atoms with E-state index >= 15 is 0 Å². The van der Waals surface area contributed by atoms with Gasteiger partial charge in [-0.15, -0.1) is 0 Å². The lowest BCUT2D eigenvalue weighted by molar-refractivity contribution is -0.138. The number of aryl methyl sites for hydroxylation is 1. The van der Waals surface area contributed by atoms with Crippen LogP contribution in [0.1, 0.15) is 62.5 Å². The Bertz CT molecular complexity index is 1490. The molecule has 2 aliphatic rings. The average Bonchev–Trinajstić information content (AvgIpc) is 3.32. The molecule has 4 aromatic rings. The van der Waals surface area contributed by atoms with Gasteiger partial charge in [0.2, 0.25) is 0 Å². The first-order chi connectivity index (χ1) is 16.8. The minimum absolute atomic E-state index is 0.0320. The number of hydrogen-bond acceptors (Lipinski definition) is 4. The Morgan fingerprint density at radius 1 is 1.00 bits per heavy atom. The van der Waals surface area contributed by atoms with E-state index in [0.29, 0.717) is 6.61 Å². The lowest BCUT2D eigenvalue weighted by atomic mass is 9.82. The standard InChI is InChI=1S/C31H31NO3/c1-18(33)30(35-31(2,3)4)28-23-11-7-10-21(23)20-8-5-6-9-22(20)27(28)24-12-13-25-26-19(15-17-34-25)14-16-32-29(24)26/h5-6,8-9,12-14,16,30H,7,10-11,15,17H2,1-4H3/t30-/m1/s1. The minimum Gasteiger partial charge on any atom is -0.493 e. The van der Waals surface area contributed by atoms with Crippen LogP contribution >= 0.6 is 0 Å². The maximum absolute atomic E-state index is 13.2. The Balaban J connectivity index is 1.76. The maximum atomic E-state index is 13.2. The molecule has 0 bridgehead atoms. The quantitative estimate of drug-likeness (QED) is 0.328. The zero-order valence-electron chi connectivity index (χ0n) is 20.9. The first-order valence-corrected chi connectivity index (χ1v) is 12.6. The Morgan fingerprint density at radius 2 is 1.77 bits per heavy atom. The Morgan fingerprint density at radius 3 is 2.54 bits per heavy atom. The molecule has 2 heterocycles. The third kappa shape index (κ3) is 3.63. The third-order valence-corrected chi connectivity index (χ3v) is 7.28. The first kappa shape index (κ1) is 22.2. The largest absolute Gasteiger partial charge is 0.493 e. The van der Waals surface area contributed by atoms with Gasteiger partial charge in [0, 0.05) is 29.1 Å². The molecular weight excluding hydrogens is 434 g/mol. The van der Waals surface area contributed by atoms with Crippen molar-refractivity contribution in [3.63, 3.8) is 0 Å². The monoisotopic (exact) mass is 465 g/mol. The number of aromatic nitrogens is 1. The van der Waals surface area contributed by atoms with Crippen LogP contribution in [-0.2, 0) is 28.8 Å². The fraction of sp³-hybridized carbons (Fsp3) is 0.355. The van der Waals surface area contributed by atoms with Crippen molar-refractivity contribution in [2.24, 2.45) is 0 Å². The van der Waals surface area contributed by atoms with E-state index in [-0.39, 0.29) is 5.78 Å². The van der Waals surface area contributed by atoms with Crippen molar-refractivity contribution in [3.05, 3.63) is 70.9 Å². The summed E-state index contributed by atoms with van der Waals surface area (Å²) in [6, 6.07) is 14.9. The lowest BCUT2D eigenvalue weighted by Crippen LogP contribution is -2.27. The van der Waals surface area contributed by atoms with E-state index in [1.54, 1.807) is 6.92 Å². The normalized spacial score (nSPS) is 15.8. The second-order valence-electron chi connectivity index (χ2n) is 10.8. The van der Waals surface area contributed by atoms with Crippen molar-refractivity contribution < 1.29 is 14.3 Å². The molecule has 3 aromatic carbocycles. The molecule has 35 heavy (non-hydrogen) atoms. The molecule has 178 valence electrons. The van der Waals surface area contributed by atoms with Crippen molar-refractivity contribution in [3.8, 4) is 16.9 Å². The Hall–Kier alpha value is -3.24. The molecule has 0 spiro atoms. The highest BCUT2D eigenvalue weighted by Gasteiger charge is 2.34. The first-order valence-electron chi connectivity index (χ1n) is 12.6. The zero-order valence-corrected chi connectivity index (χ0v) is 20.9. The number of benzene rings is 3. The van der Waals surface area contributed by atoms with Crippen molar-refractivity contribution in [2.75, 3.05) is 6.61 Å². The van der Waals surface area contributed by atoms with Gasteiger partial charge in [-0.25, -0.2) is 0 Å². The van der Waals surface area contributed by atoms with Crippen LogP contribution in [0.5, 0.6) is 5.75 Å². The van der Waals surface area contributed by atoms with E-state index in [2.05, 4.69) is 42.5 Å².